The van der Waals surface area contributed by atoms with Crippen molar-refractivity contribution in [2.75, 3.05) is 20.6 Å². The molecule has 1 aromatic carbocycles. The van der Waals surface area contributed by atoms with E-state index in [0.717, 1.165) is 37.8 Å². The molecule has 23 heavy (non-hydrogen) atoms. The van der Waals surface area contributed by atoms with E-state index < -0.39 is 15.6 Å². The lowest BCUT2D eigenvalue weighted by Gasteiger charge is -2.28. The molecule has 0 saturated heterocycles. The Bertz CT molecular complexity index is 589. The Hall–Kier alpha value is -0.950. The van der Waals surface area contributed by atoms with E-state index in [-0.39, 0.29) is 0 Å². The lowest BCUT2D eigenvalue weighted by atomic mass is 9.92. The molecular weight excluding hydrogens is 310 g/mol. The maximum atomic E-state index is 12.5. The minimum atomic E-state index is -3.50. The topological polar surface area (TPSA) is 75.4 Å². The highest BCUT2D eigenvalue weighted by Gasteiger charge is 2.28. The molecule has 0 heterocycles. The average molecular weight is 340 g/mol. The standard InChI is InChI=1S/C17H29N3O2S/c1-20(2)13-15-7-9-16(10-8-15)23(21,22)19-14-17(18)11-5-3-4-6-12-17/h7-10,19H,3-6,11-14,18H2,1-2H3. The fourth-order valence-electron chi connectivity index (χ4n) is 3.07. The Morgan fingerprint density at radius 2 is 1.65 bits per heavy atom. The van der Waals surface area contributed by atoms with E-state index in [9.17, 15) is 8.42 Å². The van der Waals surface area contributed by atoms with Gasteiger partial charge in [-0.15, -0.1) is 0 Å². The van der Waals surface area contributed by atoms with Crippen LogP contribution in [0.5, 0.6) is 0 Å². The first-order valence-electron chi connectivity index (χ1n) is 8.33. The average Bonchev–Trinajstić information content (AvgIpc) is 2.71. The molecule has 1 aliphatic carbocycles. The number of nitrogens with one attached hydrogen (secondary N) is 1. The van der Waals surface area contributed by atoms with Crippen molar-refractivity contribution >= 4 is 10.0 Å². The Kier molecular flexibility index (Phi) is 6.19. The Morgan fingerprint density at radius 1 is 1.09 bits per heavy atom. The third-order valence-corrected chi connectivity index (χ3v) is 5.86. The van der Waals surface area contributed by atoms with Gasteiger partial charge in [-0.1, -0.05) is 37.8 Å². The summed E-state index contributed by atoms with van der Waals surface area (Å²) in [6.07, 6.45) is 6.32. The number of sulfonamides is 1. The number of hydrogen-bond acceptors (Lipinski definition) is 4. The second-order valence-corrected chi connectivity index (χ2v) is 8.75. The van der Waals surface area contributed by atoms with Crippen LogP contribution >= 0.6 is 0 Å². The van der Waals surface area contributed by atoms with Gasteiger partial charge in [-0.25, -0.2) is 13.1 Å². The number of nitrogens with zero attached hydrogens (tertiary/aromatic N) is 1. The number of nitrogens with two attached hydrogens (primary N) is 1. The van der Waals surface area contributed by atoms with Crippen molar-refractivity contribution in [3.05, 3.63) is 29.8 Å². The normalized spacial score (nSPS) is 18.8. The van der Waals surface area contributed by atoms with Crippen LogP contribution in [-0.2, 0) is 16.6 Å². The first kappa shape index (κ1) is 18.4. The van der Waals surface area contributed by atoms with Gasteiger partial charge in [0.1, 0.15) is 0 Å². The van der Waals surface area contributed by atoms with E-state index in [4.69, 9.17) is 5.73 Å². The van der Waals surface area contributed by atoms with Gasteiger partial charge in [-0.05, 0) is 44.6 Å². The summed E-state index contributed by atoms with van der Waals surface area (Å²) in [4.78, 5) is 2.35. The van der Waals surface area contributed by atoms with E-state index in [1.165, 1.54) is 12.8 Å². The molecule has 5 nitrogen and oxygen atoms in total. The van der Waals surface area contributed by atoms with E-state index in [0.29, 0.717) is 11.4 Å². The smallest absolute Gasteiger partial charge is 0.240 e. The summed E-state index contributed by atoms with van der Waals surface area (Å²) in [7, 11) is 0.473. The lowest BCUT2D eigenvalue weighted by molar-refractivity contribution is 0.369. The molecule has 1 fully saturated rings. The molecule has 130 valence electrons. The van der Waals surface area contributed by atoms with Crippen molar-refractivity contribution in [2.24, 2.45) is 5.73 Å². The molecule has 1 saturated carbocycles. The molecule has 0 bridgehead atoms. The molecule has 0 amide bonds. The van der Waals surface area contributed by atoms with Gasteiger partial charge in [0.2, 0.25) is 10.0 Å². The van der Waals surface area contributed by atoms with Gasteiger partial charge in [0.05, 0.1) is 4.90 Å². The first-order chi connectivity index (χ1) is 10.8. The van der Waals surface area contributed by atoms with Crippen molar-refractivity contribution in [2.45, 2.75) is 55.5 Å². The van der Waals surface area contributed by atoms with Crippen LogP contribution in [0.3, 0.4) is 0 Å². The highest BCUT2D eigenvalue weighted by atomic mass is 32.2. The molecular formula is C17H29N3O2S. The number of hydrogen-bond donors (Lipinski definition) is 2. The van der Waals surface area contributed by atoms with Crippen LogP contribution < -0.4 is 10.5 Å². The summed E-state index contributed by atoms with van der Waals surface area (Å²) in [5.41, 5.74) is 7.07. The Labute approximate surface area is 140 Å². The first-order valence-corrected chi connectivity index (χ1v) is 9.81. The van der Waals surface area contributed by atoms with Crippen LogP contribution in [0, 0.1) is 0 Å². The molecule has 0 aliphatic heterocycles. The van der Waals surface area contributed by atoms with Crippen LogP contribution in [0.25, 0.3) is 0 Å². The molecule has 2 rings (SSSR count). The largest absolute Gasteiger partial charge is 0.324 e. The van der Waals surface area contributed by atoms with E-state index in [2.05, 4.69) is 4.72 Å². The molecule has 0 atom stereocenters. The maximum absolute atomic E-state index is 12.5. The van der Waals surface area contributed by atoms with Gasteiger partial charge in [0.15, 0.2) is 0 Å². The summed E-state index contributed by atoms with van der Waals surface area (Å²) in [5.74, 6) is 0. The van der Waals surface area contributed by atoms with Gasteiger partial charge in [0, 0.05) is 18.6 Å². The van der Waals surface area contributed by atoms with Crippen molar-refractivity contribution in [1.29, 1.82) is 0 Å². The Balaban J connectivity index is 2.00. The molecule has 6 heteroatoms. The maximum Gasteiger partial charge on any atom is 0.240 e. The fourth-order valence-corrected chi connectivity index (χ4v) is 4.21. The van der Waals surface area contributed by atoms with Crippen LogP contribution in [0.4, 0.5) is 0 Å². The second kappa shape index (κ2) is 7.75. The van der Waals surface area contributed by atoms with Gasteiger partial charge in [0.25, 0.3) is 0 Å². The molecule has 1 aromatic rings. The summed E-state index contributed by atoms with van der Waals surface area (Å²) in [6.45, 7) is 1.11. The van der Waals surface area contributed by atoms with Crippen LogP contribution in [-0.4, -0.2) is 39.5 Å². The third-order valence-electron chi connectivity index (χ3n) is 4.45. The van der Waals surface area contributed by atoms with E-state index >= 15 is 0 Å². The van der Waals surface area contributed by atoms with Crippen molar-refractivity contribution in [3.63, 3.8) is 0 Å². The molecule has 0 unspecified atom stereocenters. The minimum Gasteiger partial charge on any atom is -0.324 e. The highest BCUT2D eigenvalue weighted by Crippen LogP contribution is 2.25. The SMILES string of the molecule is CN(C)Cc1ccc(S(=O)(=O)NCC2(N)CCCCCC2)cc1. The van der Waals surface area contributed by atoms with Gasteiger partial charge >= 0.3 is 0 Å². The zero-order valence-corrected chi connectivity index (χ0v) is 15.0. The number of benzene rings is 1. The zero-order chi connectivity index (χ0) is 16.9. The monoisotopic (exact) mass is 339 g/mol. The lowest BCUT2D eigenvalue weighted by Crippen LogP contribution is -2.49. The predicted molar refractivity (Wildman–Crippen MR) is 93.6 cm³/mol. The summed E-state index contributed by atoms with van der Waals surface area (Å²) in [5, 5.41) is 0. The third kappa shape index (κ3) is 5.57. The summed E-state index contributed by atoms with van der Waals surface area (Å²) < 4.78 is 27.6. The van der Waals surface area contributed by atoms with Crippen molar-refractivity contribution < 1.29 is 8.42 Å². The van der Waals surface area contributed by atoms with Gasteiger partial charge in [-0.3, -0.25) is 0 Å². The molecule has 0 radical (unpaired) electrons. The molecule has 0 spiro atoms. The fraction of sp³-hybridized carbons (Fsp3) is 0.647. The Morgan fingerprint density at radius 3 is 2.17 bits per heavy atom. The quantitative estimate of drug-likeness (QED) is 0.778. The van der Waals surface area contributed by atoms with Gasteiger partial charge in [-0.2, -0.15) is 0 Å². The van der Waals surface area contributed by atoms with Crippen LogP contribution in [0.2, 0.25) is 0 Å². The van der Waals surface area contributed by atoms with Crippen LogP contribution in [0.1, 0.15) is 44.1 Å². The van der Waals surface area contributed by atoms with Crippen molar-refractivity contribution in [3.8, 4) is 0 Å². The molecule has 1 aliphatic rings. The predicted octanol–water partition coefficient (Wildman–Crippen LogP) is 2.08. The molecule has 3 N–H and O–H groups in total. The minimum absolute atomic E-state index is 0.303. The highest BCUT2D eigenvalue weighted by molar-refractivity contribution is 7.89. The summed E-state index contributed by atoms with van der Waals surface area (Å²) >= 11 is 0. The van der Waals surface area contributed by atoms with Gasteiger partial charge < -0.3 is 10.6 Å². The number of rotatable bonds is 6. The summed E-state index contributed by atoms with van der Waals surface area (Å²) in [6, 6.07) is 7.05. The zero-order valence-electron chi connectivity index (χ0n) is 14.2. The van der Waals surface area contributed by atoms with E-state index in [1.807, 2.05) is 31.1 Å². The van der Waals surface area contributed by atoms with E-state index in [1.54, 1.807) is 12.1 Å². The van der Waals surface area contributed by atoms with Crippen molar-refractivity contribution in [1.82, 2.24) is 9.62 Å². The molecule has 0 aromatic heterocycles. The second-order valence-electron chi connectivity index (χ2n) is 6.98. The van der Waals surface area contributed by atoms with Crippen LogP contribution in [0.15, 0.2) is 29.2 Å².